The lowest BCUT2D eigenvalue weighted by atomic mass is 10.2. The van der Waals surface area contributed by atoms with E-state index in [9.17, 15) is 4.79 Å². The molecule has 0 rings (SSSR count). The SMILES string of the molecule is CN=C(NCCN(C)C(=O)OC(C)(C)C)NCCN(C(C)C)C(C)C.I. The lowest BCUT2D eigenvalue weighted by molar-refractivity contribution is 0.0302. The number of nitrogens with one attached hydrogen (secondary N) is 2. The summed E-state index contributed by atoms with van der Waals surface area (Å²) in [6.07, 6.45) is -0.318. The minimum atomic E-state index is -0.477. The number of carbonyl (C=O) groups excluding carboxylic acids is 1. The number of amides is 1. The van der Waals surface area contributed by atoms with Gasteiger partial charge in [-0.3, -0.25) is 9.89 Å². The predicted octanol–water partition coefficient (Wildman–Crippen LogP) is 2.76. The molecule has 0 aliphatic carbocycles. The van der Waals surface area contributed by atoms with Crippen LogP contribution >= 0.6 is 24.0 Å². The topological polar surface area (TPSA) is 69.2 Å². The molecule has 0 unspecified atom stereocenters. The van der Waals surface area contributed by atoms with Gasteiger partial charge in [-0.15, -0.1) is 24.0 Å². The molecule has 0 aliphatic rings. The Morgan fingerprint density at radius 1 is 1.04 bits per heavy atom. The third kappa shape index (κ3) is 12.6. The van der Waals surface area contributed by atoms with E-state index in [4.69, 9.17) is 4.74 Å². The van der Waals surface area contributed by atoms with Crippen LogP contribution in [-0.4, -0.2) is 79.8 Å². The van der Waals surface area contributed by atoms with Crippen LogP contribution in [0.1, 0.15) is 48.5 Å². The van der Waals surface area contributed by atoms with Gasteiger partial charge in [0.2, 0.25) is 0 Å². The zero-order chi connectivity index (χ0) is 19.6. The molecule has 0 spiro atoms. The van der Waals surface area contributed by atoms with Crippen LogP contribution in [0.4, 0.5) is 4.79 Å². The highest BCUT2D eigenvalue weighted by atomic mass is 127. The number of ether oxygens (including phenoxy) is 1. The van der Waals surface area contributed by atoms with E-state index < -0.39 is 5.60 Å². The van der Waals surface area contributed by atoms with Crippen LogP contribution in [0.5, 0.6) is 0 Å². The number of halogens is 1. The molecular formula is C18H40IN5O2. The van der Waals surface area contributed by atoms with Crippen LogP contribution in [0.2, 0.25) is 0 Å². The Bertz CT molecular complexity index is 414. The summed E-state index contributed by atoms with van der Waals surface area (Å²) in [5.74, 6) is 0.741. The fraction of sp³-hybridized carbons (Fsp3) is 0.889. The first-order valence-corrected chi connectivity index (χ1v) is 9.12. The Morgan fingerprint density at radius 3 is 1.88 bits per heavy atom. The average molecular weight is 485 g/mol. The van der Waals surface area contributed by atoms with Gasteiger partial charge in [0.1, 0.15) is 5.60 Å². The van der Waals surface area contributed by atoms with Crippen LogP contribution < -0.4 is 10.6 Å². The van der Waals surface area contributed by atoms with E-state index in [1.807, 2.05) is 20.8 Å². The van der Waals surface area contributed by atoms with Gasteiger partial charge in [-0.1, -0.05) is 0 Å². The van der Waals surface area contributed by atoms with Crippen LogP contribution in [0.3, 0.4) is 0 Å². The highest BCUT2D eigenvalue weighted by molar-refractivity contribution is 14.0. The third-order valence-corrected chi connectivity index (χ3v) is 3.66. The number of nitrogens with zero attached hydrogens (tertiary/aromatic N) is 3. The number of hydrogen-bond donors (Lipinski definition) is 2. The molecule has 0 fully saturated rings. The van der Waals surface area contributed by atoms with Gasteiger partial charge in [0.25, 0.3) is 0 Å². The molecule has 156 valence electrons. The average Bonchev–Trinajstić information content (AvgIpc) is 2.46. The third-order valence-electron chi connectivity index (χ3n) is 3.66. The van der Waals surface area contributed by atoms with Crippen molar-refractivity contribution in [3.05, 3.63) is 0 Å². The van der Waals surface area contributed by atoms with Crippen molar-refractivity contribution in [2.45, 2.75) is 66.2 Å². The van der Waals surface area contributed by atoms with Gasteiger partial charge in [-0.25, -0.2) is 4.79 Å². The molecule has 0 aromatic heterocycles. The first-order chi connectivity index (χ1) is 11.5. The standard InChI is InChI=1S/C18H39N5O2.HI/c1-14(2)23(15(3)4)13-11-21-16(19-8)20-10-12-22(9)17(24)25-18(5,6)7;/h14-15H,10-13H2,1-9H3,(H2,19,20,21);1H. The van der Waals surface area contributed by atoms with Gasteiger partial charge in [0.15, 0.2) is 5.96 Å². The molecule has 0 aromatic carbocycles. The lowest BCUT2D eigenvalue weighted by Crippen LogP contribution is -2.46. The van der Waals surface area contributed by atoms with Crippen LogP contribution in [0.25, 0.3) is 0 Å². The minimum absolute atomic E-state index is 0. The van der Waals surface area contributed by atoms with E-state index in [0.717, 1.165) is 19.0 Å². The van der Waals surface area contributed by atoms with Crippen molar-refractivity contribution in [3.63, 3.8) is 0 Å². The quantitative estimate of drug-likeness (QED) is 0.315. The molecule has 2 N–H and O–H groups in total. The maximum atomic E-state index is 11.9. The largest absolute Gasteiger partial charge is 0.444 e. The van der Waals surface area contributed by atoms with Crippen molar-refractivity contribution < 1.29 is 9.53 Å². The summed E-state index contributed by atoms with van der Waals surface area (Å²) in [7, 11) is 3.48. The summed E-state index contributed by atoms with van der Waals surface area (Å²) in [6.45, 7) is 17.3. The first kappa shape index (κ1) is 27.4. The Balaban J connectivity index is 0. The first-order valence-electron chi connectivity index (χ1n) is 9.12. The maximum Gasteiger partial charge on any atom is 0.410 e. The molecule has 8 heteroatoms. The molecule has 0 aromatic rings. The van der Waals surface area contributed by atoms with Crippen LogP contribution in [0, 0.1) is 0 Å². The number of likely N-dealkylation sites (N-methyl/N-ethyl adjacent to an activating group) is 1. The molecule has 7 nitrogen and oxygen atoms in total. The molecule has 0 bridgehead atoms. The van der Waals surface area contributed by atoms with E-state index in [1.165, 1.54) is 0 Å². The Kier molecular flexibility index (Phi) is 14.2. The van der Waals surface area contributed by atoms with Gasteiger partial charge < -0.3 is 20.3 Å². The number of rotatable bonds is 8. The second-order valence-corrected chi connectivity index (χ2v) is 7.75. The van der Waals surface area contributed by atoms with Gasteiger partial charge in [0, 0.05) is 52.4 Å². The van der Waals surface area contributed by atoms with Crippen LogP contribution in [0.15, 0.2) is 4.99 Å². The Hall–Kier alpha value is -0.770. The summed E-state index contributed by atoms with van der Waals surface area (Å²) < 4.78 is 5.33. The highest BCUT2D eigenvalue weighted by Crippen LogP contribution is 2.08. The Labute approximate surface area is 177 Å². The molecule has 0 saturated carbocycles. The predicted molar refractivity (Wildman–Crippen MR) is 121 cm³/mol. The van der Waals surface area contributed by atoms with Crippen molar-refractivity contribution in [1.29, 1.82) is 0 Å². The highest BCUT2D eigenvalue weighted by Gasteiger charge is 2.19. The fourth-order valence-corrected chi connectivity index (χ4v) is 2.41. The normalized spacial score (nSPS) is 12.2. The van der Waals surface area contributed by atoms with E-state index in [-0.39, 0.29) is 30.1 Å². The monoisotopic (exact) mass is 485 g/mol. The van der Waals surface area contributed by atoms with Crippen molar-refractivity contribution in [1.82, 2.24) is 20.4 Å². The van der Waals surface area contributed by atoms with Gasteiger partial charge >= 0.3 is 6.09 Å². The van der Waals surface area contributed by atoms with E-state index in [0.29, 0.717) is 25.2 Å². The smallest absolute Gasteiger partial charge is 0.410 e. The molecular weight excluding hydrogens is 445 g/mol. The van der Waals surface area contributed by atoms with Crippen molar-refractivity contribution >= 4 is 36.0 Å². The lowest BCUT2D eigenvalue weighted by Gasteiger charge is -2.30. The van der Waals surface area contributed by atoms with Crippen molar-refractivity contribution in [3.8, 4) is 0 Å². The molecule has 26 heavy (non-hydrogen) atoms. The second kappa shape index (κ2) is 13.4. The summed E-state index contributed by atoms with van der Waals surface area (Å²) in [5, 5.41) is 6.53. The molecule has 0 saturated heterocycles. The van der Waals surface area contributed by atoms with Crippen molar-refractivity contribution in [2.75, 3.05) is 40.3 Å². The molecule has 1 amide bonds. The summed E-state index contributed by atoms with van der Waals surface area (Å²) in [6, 6.07) is 1.03. The van der Waals surface area contributed by atoms with E-state index >= 15 is 0 Å². The summed E-state index contributed by atoms with van der Waals surface area (Å²) >= 11 is 0. The minimum Gasteiger partial charge on any atom is -0.444 e. The zero-order valence-electron chi connectivity index (χ0n) is 18.0. The fourth-order valence-electron chi connectivity index (χ4n) is 2.41. The van der Waals surface area contributed by atoms with Gasteiger partial charge in [-0.05, 0) is 48.5 Å². The maximum absolute atomic E-state index is 11.9. The molecule has 0 heterocycles. The number of guanidine groups is 1. The zero-order valence-corrected chi connectivity index (χ0v) is 20.4. The van der Waals surface area contributed by atoms with Crippen LogP contribution in [-0.2, 0) is 4.74 Å². The van der Waals surface area contributed by atoms with Gasteiger partial charge in [-0.2, -0.15) is 0 Å². The summed E-state index contributed by atoms with van der Waals surface area (Å²) in [4.78, 5) is 20.1. The molecule has 0 atom stereocenters. The van der Waals surface area contributed by atoms with E-state index in [1.54, 1.807) is 19.0 Å². The summed E-state index contributed by atoms with van der Waals surface area (Å²) in [5.41, 5.74) is -0.477. The van der Waals surface area contributed by atoms with Crippen molar-refractivity contribution in [2.24, 2.45) is 4.99 Å². The second-order valence-electron chi connectivity index (χ2n) is 7.75. The number of aliphatic imine (C=N–C) groups is 1. The molecule has 0 aliphatic heterocycles. The number of carbonyl (C=O) groups is 1. The Morgan fingerprint density at radius 2 is 1.50 bits per heavy atom. The van der Waals surface area contributed by atoms with Gasteiger partial charge in [0.05, 0.1) is 0 Å². The molecule has 0 radical (unpaired) electrons. The van der Waals surface area contributed by atoms with E-state index in [2.05, 4.69) is 48.2 Å². The number of hydrogen-bond acceptors (Lipinski definition) is 4.